The molecule has 2 aromatic carbocycles. The molecule has 470 valence electrons. The molecule has 3 heterocycles. The van der Waals surface area contributed by atoms with E-state index in [-0.39, 0.29) is 102 Å². The Morgan fingerprint density at radius 1 is 0.435 bits per heavy atom. The van der Waals surface area contributed by atoms with Crippen LogP contribution in [0.3, 0.4) is 0 Å². The van der Waals surface area contributed by atoms with E-state index in [1.165, 1.54) is 9.80 Å². The molecule has 25 nitrogen and oxygen atoms in total. The fourth-order valence-electron chi connectivity index (χ4n) is 11.3. The normalized spacial score (nSPS) is 26.4. The predicted octanol–water partition coefficient (Wildman–Crippen LogP) is -0.0139. The third-order valence-electron chi connectivity index (χ3n) is 16.0. The second-order valence-corrected chi connectivity index (χ2v) is 24.3. The first-order valence-electron chi connectivity index (χ1n) is 30.2. The van der Waals surface area contributed by atoms with Crippen molar-refractivity contribution in [2.45, 2.75) is 193 Å². The average molecular weight is 1190 g/mol. The van der Waals surface area contributed by atoms with Gasteiger partial charge in [-0.05, 0) is 112 Å². The Labute approximate surface area is 500 Å². The number of benzene rings is 2. The topological polar surface area (TPSA) is 377 Å². The summed E-state index contributed by atoms with van der Waals surface area (Å²) in [5, 5.41) is 16.3. The maximum absolute atomic E-state index is 15.1. The summed E-state index contributed by atoms with van der Waals surface area (Å²) in [6.45, 7) is 14.4. The van der Waals surface area contributed by atoms with Gasteiger partial charge >= 0.3 is 0 Å². The second-order valence-electron chi connectivity index (χ2n) is 24.3. The molecule has 0 aromatic heterocycles. The zero-order valence-electron chi connectivity index (χ0n) is 50.9. The minimum atomic E-state index is -1.44. The average Bonchev–Trinajstić information content (AvgIpc) is 4.41. The molecular weight excluding hydrogens is 1090 g/mol. The van der Waals surface area contributed by atoms with Crippen LogP contribution in [0, 0.1) is 23.7 Å². The number of carbonyl (C=O) groups excluding carboxylic acids is 10. The van der Waals surface area contributed by atoms with Gasteiger partial charge in [-0.3, -0.25) is 63.0 Å². The summed E-state index contributed by atoms with van der Waals surface area (Å²) in [7, 11) is 0. The molecule has 85 heavy (non-hydrogen) atoms. The molecule has 10 atom stereocenters. The van der Waals surface area contributed by atoms with E-state index < -0.39 is 131 Å². The van der Waals surface area contributed by atoms with Crippen molar-refractivity contribution in [2.75, 3.05) is 26.2 Å². The van der Waals surface area contributed by atoms with Crippen LogP contribution in [0.5, 0.6) is 0 Å². The Balaban J connectivity index is 1.64. The first kappa shape index (κ1) is 68.7. The Kier molecular flexibility index (Phi) is 26.2. The highest BCUT2D eigenvalue weighted by Crippen LogP contribution is 2.25. The predicted molar refractivity (Wildman–Crippen MR) is 319 cm³/mol. The summed E-state index contributed by atoms with van der Waals surface area (Å²) in [6.07, 6.45) is 1.43. The first-order valence-corrected chi connectivity index (χ1v) is 30.2. The van der Waals surface area contributed by atoms with Crippen LogP contribution in [-0.4, -0.2) is 170 Å². The second kappa shape index (κ2) is 32.4. The lowest BCUT2D eigenvalue weighted by Crippen LogP contribution is -2.65. The van der Waals surface area contributed by atoms with Crippen LogP contribution in [0.15, 0.2) is 60.7 Å². The number of hydrogen-bond acceptors (Lipinski definition) is 15. The van der Waals surface area contributed by atoms with E-state index in [1.807, 2.05) is 27.7 Å². The zero-order valence-corrected chi connectivity index (χ0v) is 50.9. The summed E-state index contributed by atoms with van der Waals surface area (Å²) >= 11 is 0. The number of nitrogens with one attached hydrogen (secondary N) is 5. The molecule has 3 aliphatic rings. The third kappa shape index (κ3) is 18.5. The van der Waals surface area contributed by atoms with Crippen molar-refractivity contribution in [3.63, 3.8) is 0 Å². The number of hydrazine groups is 3. The summed E-state index contributed by atoms with van der Waals surface area (Å²) in [6, 6.07) is 4.57. The number of fused-ring (bicyclic) bond motifs is 2. The van der Waals surface area contributed by atoms with Gasteiger partial charge in [0.15, 0.2) is 0 Å². The lowest BCUT2D eigenvalue weighted by Gasteiger charge is -2.36. The molecule has 0 aliphatic carbocycles. The highest BCUT2D eigenvalue weighted by molar-refractivity contribution is 6.00. The molecule has 3 aliphatic heterocycles. The van der Waals surface area contributed by atoms with Crippen LogP contribution < -0.4 is 55.6 Å². The van der Waals surface area contributed by atoms with E-state index in [9.17, 15) is 43.2 Å². The van der Waals surface area contributed by atoms with Crippen LogP contribution >= 0.6 is 0 Å². The number of nitrogens with two attached hydrogens (primary N) is 5. The van der Waals surface area contributed by atoms with E-state index >= 15 is 4.79 Å². The van der Waals surface area contributed by atoms with Crippen molar-refractivity contribution < 1.29 is 47.9 Å². The maximum atomic E-state index is 15.1. The van der Waals surface area contributed by atoms with Gasteiger partial charge in [0, 0.05) is 25.9 Å². The SMILES string of the molecule is CC(C)C[C@@H]1NC(=O)[C@H](CCCN)N(N)C(=O)[C@H](C(C)C)NC(=O)[C@@H]2CCCN2C(=O)[C@@H](Cc2ccccc2)N(N)C(=O)[C@H](CC(C)C)NC(=O)[C@H](CCCN)N(N)C(=O)[C@H](C(C)C)NC(=O)[C@@H]2CCCN2C(=O)[C@@H](Cc2ccccc2)NC1=O. The highest BCUT2D eigenvalue weighted by atomic mass is 16.2. The van der Waals surface area contributed by atoms with Crippen molar-refractivity contribution in [1.82, 2.24) is 51.4 Å². The molecule has 10 amide bonds. The number of hydrogen-bond donors (Lipinski definition) is 10. The van der Waals surface area contributed by atoms with Gasteiger partial charge in [0.25, 0.3) is 17.7 Å². The quantitative estimate of drug-likeness (QED) is 0.0781. The molecular formula is C60H95N15O10. The Morgan fingerprint density at radius 3 is 1.25 bits per heavy atom. The van der Waals surface area contributed by atoms with Crippen molar-refractivity contribution in [3.8, 4) is 0 Å². The van der Waals surface area contributed by atoms with Crippen LogP contribution in [0.1, 0.15) is 131 Å². The summed E-state index contributed by atoms with van der Waals surface area (Å²) < 4.78 is 0. The highest BCUT2D eigenvalue weighted by Gasteiger charge is 2.46. The monoisotopic (exact) mass is 1190 g/mol. The molecule has 3 saturated heterocycles. The first-order chi connectivity index (χ1) is 40.3. The Hall–Kier alpha value is -7.06. The van der Waals surface area contributed by atoms with E-state index in [1.54, 1.807) is 88.4 Å². The lowest BCUT2D eigenvalue weighted by atomic mass is 9.98. The molecule has 0 saturated carbocycles. The number of rotatable bonds is 16. The standard InChI is InChI=1S/C60H95N15O10/c1-35(2)31-41-51(76)67-43(33-39-19-11-9-12-20-39)56(81)71-29-17-25-44(71)52(77)69-49(37(5)6)60(85)74(64)47(24-16-28-62)55(80)68-42(32-36(3)4)57(82)75(65)48(34-40-21-13-10-14-22-40)58(83)72-30-18-26-45(72)53(78)70-50(38(7)8)59(84)73(63)46(23-15-27-61)54(79)66-41/h9-14,19-22,35-38,41-50H,15-18,23-34,61-65H2,1-8H3,(H,66,79)(H,67,76)(H,68,80)(H,69,77)(H,70,78)/t41-,42-,43+,44-,45-,46-,47-,48+,49-,50-/m0/s1. The Morgan fingerprint density at radius 2 is 0.824 bits per heavy atom. The van der Waals surface area contributed by atoms with Gasteiger partial charge < -0.3 is 47.9 Å². The molecule has 0 bridgehead atoms. The molecule has 0 unspecified atom stereocenters. The van der Waals surface area contributed by atoms with Crippen LogP contribution in [0.2, 0.25) is 0 Å². The van der Waals surface area contributed by atoms with E-state index in [0.29, 0.717) is 24.0 Å². The maximum Gasteiger partial charge on any atom is 0.260 e. The fraction of sp³-hybridized carbons (Fsp3) is 0.633. The van der Waals surface area contributed by atoms with Gasteiger partial charge in [-0.15, -0.1) is 0 Å². The summed E-state index contributed by atoms with van der Waals surface area (Å²) in [5.74, 6) is 10.9. The molecule has 5 rings (SSSR count). The third-order valence-corrected chi connectivity index (χ3v) is 16.0. The molecule has 25 heteroatoms. The number of carbonyl (C=O) groups is 10. The Bertz CT molecular complexity index is 2610. The van der Waals surface area contributed by atoms with Gasteiger partial charge in [0.2, 0.25) is 41.4 Å². The number of nitrogens with zero attached hydrogens (tertiary/aromatic N) is 5. The van der Waals surface area contributed by atoms with Gasteiger partial charge in [-0.2, -0.15) is 0 Å². The minimum Gasteiger partial charge on any atom is -0.342 e. The van der Waals surface area contributed by atoms with E-state index in [4.69, 9.17) is 29.0 Å². The molecule has 0 radical (unpaired) electrons. The molecule has 15 N–H and O–H groups in total. The smallest absolute Gasteiger partial charge is 0.260 e. The number of amides is 10. The zero-order chi connectivity index (χ0) is 62.8. The van der Waals surface area contributed by atoms with Crippen molar-refractivity contribution >= 4 is 59.1 Å². The summed E-state index contributed by atoms with van der Waals surface area (Å²) in [4.78, 5) is 150. The van der Waals surface area contributed by atoms with Gasteiger partial charge in [0.05, 0.1) is 0 Å². The molecule has 3 fully saturated rings. The van der Waals surface area contributed by atoms with Crippen molar-refractivity contribution in [2.24, 2.45) is 52.7 Å². The van der Waals surface area contributed by atoms with Crippen LogP contribution in [-0.2, 0) is 60.8 Å². The van der Waals surface area contributed by atoms with Crippen LogP contribution in [0.4, 0.5) is 0 Å². The van der Waals surface area contributed by atoms with Crippen molar-refractivity contribution in [1.29, 1.82) is 0 Å². The van der Waals surface area contributed by atoms with Gasteiger partial charge in [0.1, 0.15) is 60.4 Å². The summed E-state index contributed by atoms with van der Waals surface area (Å²) in [5.41, 5.74) is 13.2. The molecule has 0 spiro atoms. The molecule has 2 aromatic rings. The van der Waals surface area contributed by atoms with E-state index in [0.717, 1.165) is 15.0 Å². The lowest BCUT2D eigenvalue weighted by molar-refractivity contribution is -0.151. The van der Waals surface area contributed by atoms with Gasteiger partial charge in [-0.25, -0.2) is 17.5 Å². The van der Waals surface area contributed by atoms with Gasteiger partial charge in [-0.1, -0.05) is 116 Å². The fourth-order valence-corrected chi connectivity index (χ4v) is 11.3. The largest absolute Gasteiger partial charge is 0.342 e. The van der Waals surface area contributed by atoms with E-state index in [2.05, 4.69) is 26.6 Å². The van der Waals surface area contributed by atoms with Crippen LogP contribution in [0.25, 0.3) is 0 Å². The van der Waals surface area contributed by atoms with Crippen molar-refractivity contribution in [3.05, 3.63) is 71.8 Å². The minimum absolute atomic E-state index is 0.0133.